The van der Waals surface area contributed by atoms with E-state index in [4.69, 9.17) is 9.52 Å². The molecular formula is C18H20N2O6S. The van der Waals surface area contributed by atoms with Gasteiger partial charge in [0.1, 0.15) is 0 Å². The summed E-state index contributed by atoms with van der Waals surface area (Å²) in [5.41, 5.74) is 1.35. The number of carbonyl (C=O) groups is 2. The Bertz CT molecular complexity index is 991. The van der Waals surface area contributed by atoms with Crippen molar-refractivity contribution in [2.75, 3.05) is 24.5 Å². The number of benzene rings is 1. The highest BCUT2D eigenvalue weighted by atomic mass is 32.2. The Labute approximate surface area is 157 Å². The molecule has 1 aromatic carbocycles. The molecule has 144 valence electrons. The lowest BCUT2D eigenvalue weighted by atomic mass is 10.2. The molecule has 0 saturated carbocycles. The third kappa shape index (κ3) is 3.35. The van der Waals surface area contributed by atoms with Gasteiger partial charge in [0, 0.05) is 25.3 Å². The van der Waals surface area contributed by atoms with Gasteiger partial charge in [-0.3, -0.25) is 4.79 Å². The fourth-order valence-electron chi connectivity index (χ4n) is 3.16. The van der Waals surface area contributed by atoms with Crippen LogP contribution in [0.1, 0.15) is 40.5 Å². The molecule has 9 heteroatoms. The number of sulfonamides is 1. The smallest absolute Gasteiger partial charge is 0.371 e. The lowest BCUT2D eigenvalue weighted by Gasteiger charge is -2.20. The lowest BCUT2D eigenvalue weighted by molar-refractivity contribution is 0.0660. The van der Waals surface area contributed by atoms with E-state index in [-0.39, 0.29) is 16.4 Å². The molecule has 0 unspecified atom stereocenters. The predicted octanol–water partition coefficient (Wildman–Crippen LogP) is 2.21. The van der Waals surface area contributed by atoms with Gasteiger partial charge in [-0.2, -0.15) is 4.31 Å². The zero-order valence-corrected chi connectivity index (χ0v) is 15.8. The van der Waals surface area contributed by atoms with Crippen molar-refractivity contribution in [2.24, 2.45) is 0 Å². The molecule has 27 heavy (non-hydrogen) atoms. The maximum absolute atomic E-state index is 12.7. The quantitative estimate of drug-likeness (QED) is 0.807. The number of amides is 1. The van der Waals surface area contributed by atoms with E-state index in [0.717, 1.165) is 5.56 Å². The van der Waals surface area contributed by atoms with E-state index in [0.29, 0.717) is 31.7 Å². The summed E-state index contributed by atoms with van der Waals surface area (Å²) in [6.45, 7) is 4.69. The fourth-order valence-corrected chi connectivity index (χ4v) is 4.67. The first-order valence-electron chi connectivity index (χ1n) is 8.57. The van der Waals surface area contributed by atoms with Gasteiger partial charge in [0.05, 0.1) is 4.90 Å². The van der Waals surface area contributed by atoms with Gasteiger partial charge in [0.2, 0.25) is 15.8 Å². The molecule has 3 rings (SSSR count). The van der Waals surface area contributed by atoms with Crippen molar-refractivity contribution in [3.8, 4) is 0 Å². The lowest BCUT2D eigenvalue weighted by Crippen LogP contribution is -2.30. The second-order valence-corrected chi connectivity index (χ2v) is 7.99. The van der Waals surface area contributed by atoms with E-state index in [2.05, 4.69) is 0 Å². The summed E-state index contributed by atoms with van der Waals surface area (Å²) in [6.07, 6.45) is 0.509. The van der Waals surface area contributed by atoms with Crippen molar-refractivity contribution in [1.82, 2.24) is 4.31 Å². The van der Waals surface area contributed by atoms with Gasteiger partial charge < -0.3 is 14.4 Å². The number of hydrogen-bond donors (Lipinski definition) is 1. The number of carboxylic acid groups (broad SMARTS) is 1. The molecule has 1 aliphatic heterocycles. The summed E-state index contributed by atoms with van der Waals surface area (Å²) in [7, 11) is -3.57. The highest BCUT2D eigenvalue weighted by Crippen LogP contribution is 2.32. The van der Waals surface area contributed by atoms with Crippen LogP contribution < -0.4 is 4.90 Å². The van der Waals surface area contributed by atoms with Crippen LogP contribution in [0.5, 0.6) is 0 Å². The third-order valence-corrected chi connectivity index (χ3v) is 6.61. The van der Waals surface area contributed by atoms with Crippen molar-refractivity contribution in [1.29, 1.82) is 0 Å². The summed E-state index contributed by atoms with van der Waals surface area (Å²) in [5.74, 6) is -2.08. The maximum Gasteiger partial charge on any atom is 0.371 e. The molecule has 0 bridgehead atoms. The van der Waals surface area contributed by atoms with Crippen LogP contribution in [0.25, 0.3) is 0 Å². The number of anilines is 1. The number of hydrogen-bond acceptors (Lipinski definition) is 5. The monoisotopic (exact) mass is 392 g/mol. The van der Waals surface area contributed by atoms with Crippen LogP contribution in [0.15, 0.2) is 39.6 Å². The number of furan rings is 1. The zero-order chi connectivity index (χ0) is 19.8. The summed E-state index contributed by atoms with van der Waals surface area (Å²) < 4.78 is 31.8. The van der Waals surface area contributed by atoms with Gasteiger partial charge in [-0.05, 0) is 42.3 Å². The first kappa shape index (κ1) is 19.1. The molecule has 1 N–H and O–H groups in total. The van der Waals surface area contributed by atoms with Gasteiger partial charge >= 0.3 is 5.97 Å². The minimum atomic E-state index is -3.57. The summed E-state index contributed by atoms with van der Waals surface area (Å²) in [4.78, 5) is 25.2. The van der Waals surface area contributed by atoms with Crippen molar-refractivity contribution in [3.05, 3.63) is 47.4 Å². The first-order chi connectivity index (χ1) is 12.8. The number of carboxylic acids is 1. The largest absolute Gasteiger partial charge is 0.475 e. The summed E-state index contributed by atoms with van der Waals surface area (Å²) >= 11 is 0. The minimum absolute atomic E-state index is 0.0694. The topological polar surface area (TPSA) is 108 Å². The summed E-state index contributed by atoms with van der Waals surface area (Å²) in [6, 6.07) is 7.25. The Morgan fingerprint density at radius 2 is 1.81 bits per heavy atom. The second-order valence-electron chi connectivity index (χ2n) is 6.06. The fraction of sp³-hybridized carbons (Fsp3) is 0.333. The average molecular weight is 392 g/mol. The normalized spacial score (nSPS) is 13.8. The van der Waals surface area contributed by atoms with Crippen LogP contribution in [-0.2, 0) is 16.4 Å². The Hall–Kier alpha value is -2.65. The molecule has 1 aromatic heterocycles. The Morgan fingerprint density at radius 1 is 1.15 bits per heavy atom. The number of nitrogens with zero attached hydrogens (tertiary/aromatic N) is 2. The molecule has 0 radical (unpaired) electrons. The minimum Gasteiger partial charge on any atom is -0.475 e. The maximum atomic E-state index is 12.7. The molecule has 0 aliphatic carbocycles. The van der Waals surface area contributed by atoms with Crippen LogP contribution in [0, 0.1) is 0 Å². The Kier molecular flexibility index (Phi) is 5.07. The molecule has 1 aliphatic rings. The van der Waals surface area contributed by atoms with Crippen LogP contribution in [-0.4, -0.2) is 49.3 Å². The molecule has 8 nitrogen and oxygen atoms in total. The van der Waals surface area contributed by atoms with E-state index in [9.17, 15) is 18.0 Å². The number of fused-ring (bicyclic) bond motifs is 1. The molecule has 2 heterocycles. The second kappa shape index (κ2) is 7.16. The zero-order valence-electron chi connectivity index (χ0n) is 15.0. The number of aromatic carboxylic acids is 1. The molecule has 2 aromatic rings. The highest BCUT2D eigenvalue weighted by molar-refractivity contribution is 7.89. The van der Waals surface area contributed by atoms with Crippen LogP contribution in [0.3, 0.4) is 0 Å². The SMILES string of the molecule is CCN(CC)S(=O)(=O)c1ccc2c(c1)CCN2C(=O)c1ccc(C(=O)O)o1. The van der Waals surface area contributed by atoms with Crippen LogP contribution in [0.2, 0.25) is 0 Å². The van der Waals surface area contributed by atoms with Crippen LogP contribution >= 0.6 is 0 Å². The predicted molar refractivity (Wildman–Crippen MR) is 97.6 cm³/mol. The van der Waals surface area contributed by atoms with E-state index < -0.39 is 21.9 Å². The van der Waals surface area contributed by atoms with E-state index >= 15 is 0 Å². The number of rotatable bonds is 6. The number of carbonyl (C=O) groups excluding carboxylic acids is 1. The standard InChI is InChI=1S/C18H20N2O6S/c1-3-19(4-2)27(24,25)13-5-6-14-12(11-13)9-10-20(14)17(21)15-7-8-16(26-15)18(22)23/h5-8,11H,3-4,9-10H2,1-2H3,(H,22,23). The molecular weight excluding hydrogens is 372 g/mol. The molecule has 0 fully saturated rings. The first-order valence-corrected chi connectivity index (χ1v) is 10.0. The highest BCUT2D eigenvalue weighted by Gasteiger charge is 2.30. The Morgan fingerprint density at radius 3 is 2.41 bits per heavy atom. The van der Waals surface area contributed by atoms with Gasteiger partial charge in [0.25, 0.3) is 5.91 Å². The van der Waals surface area contributed by atoms with Gasteiger partial charge in [0.15, 0.2) is 5.76 Å². The van der Waals surface area contributed by atoms with Crippen molar-refractivity contribution >= 4 is 27.6 Å². The van der Waals surface area contributed by atoms with E-state index in [1.54, 1.807) is 26.0 Å². The van der Waals surface area contributed by atoms with Crippen molar-refractivity contribution < 1.29 is 27.5 Å². The third-order valence-electron chi connectivity index (χ3n) is 4.56. The van der Waals surface area contributed by atoms with Gasteiger partial charge in [-0.15, -0.1) is 0 Å². The summed E-state index contributed by atoms with van der Waals surface area (Å²) in [5, 5.41) is 8.92. The molecule has 1 amide bonds. The van der Waals surface area contributed by atoms with Crippen molar-refractivity contribution in [3.63, 3.8) is 0 Å². The average Bonchev–Trinajstić information content (AvgIpc) is 3.29. The molecule has 0 spiro atoms. The van der Waals surface area contributed by atoms with E-state index in [1.165, 1.54) is 27.4 Å². The van der Waals surface area contributed by atoms with Crippen molar-refractivity contribution in [2.45, 2.75) is 25.2 Å². The Balaban J connectivity index is 1.90. The van der Waals surface area contributed by atoms with Crippen LogP contribution in [0.4, 0.5) is 5.69 Å². The van der Waals surface area contributed by atoms with Gasteiger partial charge in [-0.1, -0.05) is 13.8 Å². The molecule has 0 atom stereocenters. The van der Waals surface area contributed by atoms with E-state index in [1.807, 2.05) is 0 Å². The molecule has 0 saturated heterocycles. The van der Waals surface area contributed by atoms with Gasteiger partial charge in [-0.25, -0.2) is 13.2 Å².